The summed E-state index contributed by atoms with van der Waals surface area (Å²) < 4.78 is 32.4. The Kier molecular flexibility index (Phi) is 3.46. The smallest absolute Gasteiger partial charge is 0.354 e. The minimum absolute atomic E-state index is 0.364. The summed E-state index contributed by atoms with van der Waals surface area (Å²) in [6, 6.07) is 0. The molecule has 0 aromatic carbocycles. The van der Waals surface area contributed by atoms with Crippen LogP contribution in [0.25, 0.3) is 0 Å². The Morgan fingerprint density at radius 3 is 3.00 bits per heavy atom. The maximum absolute atomic E-state index is 12.3. The first-order valence-electron chi connectivity index (χ1n) is 6.66. The van der Waals surface area contributed by atoms with Gasteiger partial charge in [-0.1, -0.05) is 11.8 Å². The number of nitrogen functional groups attached to an aromatic ring is 1. The Bertz CT molecular complexity index is 715. The van der Waals surface area contributed by atoms with Crippen LogP contribution in [0, 0.1) is 11.8 Å². The van der Waals surface area contributed by atoms with Crippen LogP contribution in [-0.4, -0.2) is 60.9 Å². The average Bonchev–Trinajstić information content (AvgIpc) is 2.70. The highest BCUT2D eigenvalue weighted by atomic mass is 19.1. The predicted molar refractivity (Wildman–Crippen MR) is 66.4 cm³/mol. The van der Waals surface area contributed by atoms with E-state index in [-0.39, 0.29) is 5.95 Å². The van der Waals surface area contributed by atoms with Gasteiger partial charge in [0.1, 0.15) is 25.2 Å². The van der Waals surface area contributed by atoms with Crippen LogP contribution < -0.4 is 11.4 Å². The van der Waals surface area contributed by atoms with Crippen molar-refractivity contribution in [2.45, 2.75) is 24.0 Å². The Balaban J connectivity index is 2.56. The molecule has 0 saturated carbocycles. The molecule has 0 aliphatic carbocycles. The summed E-state index contributed by atoms with van der Waals surface area (Å²) in [4.78, 5) is 18.7. The summed E-state index contributed by atoms with van der Waals surface area (Å²) in [6.07, 6.45) is -5.01. The molecule has 10 heteroatoms. The van der Waals surface area contributed by atoms with Crippen molar-refractivity contribution in [1.29, 1.82) is 0 Å². The van der Waals surface area contributed by atoms with Crippen molar-refractivity contribution < 1.29 is 27.2 Å². The third kappa shape index (κ3) is 2.59. The number of ether oxygens (including phenoxy) is 1. The Morgan fingerprint density at radius 2 is 2.43 bits per heavy atom. The van der Waals surface area contributed by atoms with E-state index in [0.29, 0.717) is 4.57 Å². The summed E-state index contributed by atoms with van der Waals surface area (Å²) in [5.41, 5.74) is 1.61. The zero-order chi connectivity index (χ0) is 17.4. The molecular formula is C11H13FN4O5. The second kappa shape index (κ2) is 5.74. The van der Waals surface area contributed by atoms with Gasteiger partial charge in [0.2, 0.25) is 5.95 Å². The van der Waals surface area contributed by atoms with Gasteiger partial charge in [0.05, 0.1) is 9.30 Å². The van der Waals surface area contributed by atoms with Crippen LogP contribution in [0.15, 0.2) is 11.1 Å². The van der Waals surface area contributed by atoms with E-state index in [1.807, 2.05) is 11.8 Å². The molecule has 9 nitrogen and oxygen atoms in total. The first-order chi connectivity index (χ1) is 10.6. The zero-order valence-electron chi connectivity index (χ0n) is 12.5. The molecule has 1 saturated heterocycles. The first-order valence-corrected chi connectivity index (χ1v) is 5.66. The molecule has 0 bridgehead atoms. The Morgan fingerprint density at radius 1 is 1.71 bits per heavy atom. The molecule has 1 aliphatic heterocycles. The van der Waals surface area contributed by atoms with Crippen LogP contribution in [-0.2, 0) is 4.74 Å². The number of nitrogens with two attached hydrogens (primary N) is 1. The van der Waals surface area contributed by atoms with E-state index < -0.39 is 43.0 Å². The summed E-state index contributed by atoms with van der Waals surface area (Å²) in [6.45, 7) is -4.25. The second-order valence-electron chi connectivity index (χ2n) is 4.15. The number of rotatable bonds is 2. The highest BCUT2D eigenvalue weighted by Gasteiger charge is 2.56. The number of nitrogens with zero attached hydrogens (tertiary/aromatic N) is 3. The van der Waals surface area contributed by atoms with Crippen molar-refractivity contribution in [2.75, 3.05) is 19.0 Å². The van der Waals surface area contributed by atoms with Crippen LogP contribution in [0.1, 0.15) is 8.97 Å². The molecular weight excluding hydrogens is 287 g/mol. The fourth-order valence-electron chi connectivity index (χ4n) is 1.90. The normalized spacial score (nSPS) is 33.8. The second-order valence-corrected chi connectivity index (χ2v) is 4.15. The lowest BCUT2D eigenvalue weighted by atomic mass is 9.94. The summed E-state index contributed by atoms with van der Waals surface area (Å²) in [7, 11) is 0. The molecule has 1 aromatic rings. The van der Waals surface area contributed by atoms with E-state index in [4.69, 9.17) is 13.2 Å². The number of halogens is 1. The van der Waals surface area contributed by atoms with Gasteiger partial charge in [-0.15, -0.1) is 0 Å². The van der Waals surface area contributed by atoms with Crippen LogP contribution in [0.2, 0.25) is 0 Å². The lowest BCUT2D eigenvalue weighted by molar-refractivity contribution is -0.0770. The van der Waals surface area contributed by atoms with Gasteiger partial charge in [-0.2, -0.15) is 4.98 Å². The minimum atomic E-state index is -3.07. The number of hydrogen-bond acceptors (Lipinski definition) is 8. The third-order valence-electron chi connectivity index (χ3n) is 2.87. The number of hydrogen-bond donors (Lipinski definition) is 4. The van der Waals surface area contributed by atoms with E-state index in [2.05, 4.69) is 9.97 Å². The topological polar surface area (TPSA) is 144 Å². The number of aliphatic hydroxyl groups excluding tert-OH is 1. The number of aliphatic hydroxyl groups is 3. The maximum Gasteiger partial charge on any atom is 0.354 e. The molecule has 2 rings (SSSR count). The monoisotopic (exact) mass is 302 g/mol. The lowest BCUT2D eigenvalue weighted by Crippen LogP contribution is -2.48. The van der Waals surface area contributed by atoms with Crippen molar-refractivity contribution in [3.05, 3.63) is 16.8 Å². The van der Waals surface area contributed by atoms with Gasteiger partial charge in [-0.3, -0.25) is 4.57 Å². The van der Waals surface area contributed by atoms with Gasteiger partial charge in [-0.25, -0.2) is 14.2 Å². The largest absolute Gasteiger partial charge is 0.394 e. The molecule has 5 N–H and O–H groups in total. The van der Waals surface area contributed by atoms with Gasteiger partial charge in [-0.05, 0) is 0 Å². The molecule has 1 aliphatic rings. The van der Waals surface area contributed by atoms with E-state index in [1.165, 1.54) is 0 Å². The fraction of sp³-hybridized carbons (Fsp3) is 0.545. The van der Waals surface area contributed by atoms with Crippen LogP contribution in [0.5, 0.6) is 0 Å². The molecule has 4 atom stereocenters. The van der Waals surface area contributed by atoms with Gasteiger partial charge < -0.3 is 25.8 Å². The molecule has 2 heterocycles. The SMILES string of the molecule is [2H]C([2H])(O)[C@H]1O[C@@H](n2cnc(N)nc2=O)C(O)(C#CCF)[C@H]1O. The van der Waals surface area contributed by atoms with Crippen LogP contribution in [0.3, 0.4) is 0 Å². The molecule has 114 valence electrons. The number of alkyl halides is 1. The molecule has 1 aromatic heterocycles. The van der Waals surface area contributed by atoms with Gasteiger partial charge in [0, 0.05) is 0 Å². The van der Waals surface area contributed by atoms with E-state index in [9.17, 15) is 24.5 Å². The highest BCUT2D eigenvalue weighted by molar-refractivity contribution is 5.23. The van der Waals surface area contributed by atoms with E-state index in [1.54, 1.807) is 0 Å². The molecule has 0 spiro atoms. The summed E-state index contributed by atoms with van der Waals surface area (Å²) in [5, 5.41) is 30.0. The van der Waals surface area contributed by atoms with Crippen LogP contribution in [0.4, 0.5) is 10.3 Å². The molecule has 1 fully saturated rings. The zero-order valence-corrected chi connectivity index (χ0v) is 10.5. The maximum atomic E-state index is 12.3. The molecule has 21 heavy (non-hydrogen) atoms. The summed E-state index contributed by atoms with van der Waals surface area (Å²) >= 11 is 0. The van der Waals surface area contributed by atoms with Gasteiger partial charge in [0.25, 0.3) is 0 Å². The Labute approximate surface area is 120 Å². The van der Waals surface area contributed by atoms with Crippen molar-refractivity contribution in [3.63, 3.8) is 0 Å². The van der Waals surface area contributed by atoms with Crippen LogP contribution >= 0.6 is 0 Å². The predicted octanol–water partition coefficient (Wildman–Crippen LogP) is -2.82. The number of aromatic nitrogens is 3. The molecule has 1 unspecified atom stereocenters. The fourth-order valence-corrected chi connectivity index (χ4v) is 1.90. The standard InChI is InChI=1S/C11H13FN4O5/c12-3-1-2-11(20)7(18)6(4-17)21-8(11)16-5-14-9(13)15-10(16)19/h5-8,17-18,20H,3-4H2,(H2,13,15,19)/t6-,7+,8-,11?/m1/s1/i4D2. The molecule has 0 radical (unpaired) electrons. The van der Waals surface area contributed by atoms with Gasteiger partial charge in [0.15, 0.2) is 11.8 Å². The van der Waals surface area contributed by atoms with Crippen molar-refractivity contribution >= 4 is 5.95 Å². The highest BCUT2D eigenvalue weighted by Crippen LogP contribution is 2.37. The quantitative estimate of drug-likeness (QED) is 0.428. The van der Waals surface area contributed by atoms with E-state index >= 15 is 0 Å². The van der Waals surface area contributed by atoms with Gasteiger partial charge >= 0.3 is 5.69 Å². The van der Waals surface area contributed by atoms with Crippen molar-refractivity contribution in [3.8, 4) is 11.8 Å². The number of anilines is 1. The Hall–Kier alpha value is -2.06. The minimum Gasteiger partial charge on any atom is -0.394 e. The first kappa shape index (κ1) is 12.7. The van der Waals surface area contributed by atoms with E-state index in [0.717, 1.165) is 6.33 Å². The molecule has 0 amide bonds. The van der Waals surface area contributed by atoms with Crippen molar-refractivity contribution in [2.24, 2.45) is 0 Å². The summed E-state index contributed by atoms with van der Waals surface area (Å²) in [5.74, 6) is 3.49. The van der Waals surface area contributed by atoms with Crippen molar-refractivity contribution in [1.82, 2.24) is 14.5 Å². The lowest BCUT2D eigenvalue weighted by Gasteiger charge is -2.26. The third-order valence-corrected chi connectivity index (χ3v) is 2.87. The average molecular weight is 302 g/mol.